The molecule has 5 heteroatoms. The van der Waals surface area contributed by atoms with Crippen molar-refractivity contribution in [1.29, 1.82) is 0 Å². The monoisotopic (exact) mass is 280 g/mol. The standard InChI is InChI=1S/C15H24N2O3/c1-12(2)20-9-5-8-16-15(18)17-14-7-4-6-13(10-14)11-19-3/h4,6-7,10,12H,5,8-9,11H2,1-3H3,(H2,16,17,18). The highest BCUT2D eigenvalue weighted by Crippen LogP contribution is 2.11. The molecule has 112 valence electrons. The predicted molar refractivity (Wildman–Crippen MR) is 79.9 cm³/mol. The van der Waals surface area contributed by atoms with Crippen LogP contribution >= 0.6 is 0 Å². The molecule has 1 aromatic carbocycles. The van der Waals surface area contributed by atoms with Crippen molar-refractivity contribution in [1.82, 2.24) is 5.32 Å². The van der Waals surface area contributed by atoms with Crippen LogP contribution in [0.5, 0.6) is 0 Å². The van der Waals surface area contributed by atoms with Gasteiger partial charge in [-0.05, 0) is 38.0 Å². The summed E-state index contributed by atoms with van der Waals surface area (Å²) in [5.41, 5.74) is 1.78. The van der Waals surface area contributed by atoms with Crippen LogP contribution in [-0.2, 0) is 16.1 Å². The van der Waals surface area contributed by atoms with E-state index in [9.17, 15) is 4.79 Å². The van der Waals surface area contributed by atoms with E-state index in [1.54, 1.807) is 7.11 Å². The Morgan fingerprint density at radius 2 is 2.15 bits per heavy atom. The number of amides is 2. The van der Waals surface area contributed by atoms with Crippen LogP contribution in [0.3, 0.4) is 0 Å². The number of methoxy groups -OCH3 is 1. The molecule has 1 aromatic rings. The molecule has 0 aliphatic carbocycles. The van der Waals surface area contributed by atoms with Crippen LogP contribution in [0.2, 0.25) is 0 Å². The Bertz CT molecular complexity index is 408. The topological polar surface area (TPSA) is 59.6 Å². The molecule has 2 N–H and O–H groups in total. The van der Waals surface area contributed by atoms with E-state index in [1.807, 2.05) is 38.1 Å². The molecule has 0 fully saturated rings. The molecule has 0 aliphatic heterocycles. The van der Waals surface area contributed by atoms with Gasteiger partial charge in [-0.25, -0.2) is 4.79 Å². The minimum atomic E-state index is -0.205. The largest absolute Gasteiger partial charge is 0.380 e. The maximum Gasteiger partial charge on any atom is 0.319 e. The van der Waals surface area contributed by atoms with Gasteiger partial charge in [0.15, 0.2) is 0 Å². The minimum Gasteiger partial charge on any atom is -0.380 e. The number of carbonyl (C=O) groups is 1. The van der Waals surface area contributed by atoms with Crippen molar-refractivity contribution in [2.45, 2.75) is 33.0 Å². The predicted octanol–water partition coefficient (Wildman–Crippen LogP) is 2.77. The van der Waals surface area contributed by atoms with Gasteiger partial charge in [-0.2, -0.15) is 0 Å². The lowest BCUT2D eigenvalue weighted by Gasteiger charge is -2.10. The highest BCUT2D eigenvalue weighted by Gasteiger charge is 2.02. The molecule has 0 heterocycles. The van der Waals surface area contributed by atoms with Gasteiger partial charge in [-0.1, -0.05) is 12.1 Å². The number of hydrogen-bond acceptors (Lipinski definition) is 3. The van der Waals surface area contributed by atoms with Crippen LogP contribution in [-0.4, -0.2) is 32.4 Å². The average Bonchev–Trinajstić information content (AvgIpc) is 2.38. The van der Waals surface area contributed by atoms with Crippen molar-refractivity contribution in [3.05, 3.63) is 29.8 Å². The molecule has 0 atom stereocenters. The third kappa shape index (κ3) is 7.11. The molecule has 5 nitrogen and oxygen atoms in total. The van der Waals surface area contributed by atoms with E-state index in [2.05, 4.69) is 10.6 Å². The first-order valence-electron chi connectivity index (χ1n) is 6.86. The van der Waals surface area contributed by atoms with Crippen LogP contribution in [0, 0.1) is 0 Å². The Labute approximate surface area is 120 Å². The van der Waals surface area contributed by atoms with Gasteiger partial charge in [0.05, 0.1) is 12.7 Å². The molecule has 0 bridgehead atoms. The van der Waals surface area contributed by atoms with Crippen molar-refractivity contribution < 1.29 is 14.3 Å². The summed E-state index contributed by atoms with van der Waals surface area (Å²) in [7, 11) is 1.64. The number of carbonyl (C=O) groups excluding carboxylic acids is 1. The van der Waals surface area contributed by atoms with E-state index in [4.69, 9.17) is 9.47 Å². The fraction of sp³-hybridized carbons (Fsp3) is 0.533. The quantitative estimate of drug-likeness (QED) is 0.720. The molecule has 0 unspecified atom stereocenters. The summed E-state index contributed by atoms with van der Waals surface area (Å²) in [4.78, 5) is 11.7. The van der Waals surface area contributed by atoms with Gasteiger partial charge in [0.2, 0.25) is 0 Å². The van der Waals surface area contributed by atoms with Crippen molar-refractivity contribution in [2.75, 3.05) is 25.6 Å². The second-order valence-electron chi connectivity index (χ2n) is 4.79. The van der Waals surface area contributed by atoms with Gasteiger partial charge < -0.3 is 20.1 Å². The lowest BCUT2D eigenvalue weighted by molar-refractivity contribution is 0.0775. The number of ether oxygens (including phenoxy) is 2. The van der Waals surface area contributed by atoms with Gasteiger partial charge in [0.25, 0.3) is 0 Å². The molecule has 0 radical (unpaired) electrons. The molecular weight excluding hydrogens is 256 g/mol. The van der Waals surface area contributed by atoms with E-state index in [-0.39, 0.29) is 12.1 Å². The van der Waals surface area contributed by atoms with Crippen LogP contribution < -0.4 is 10.6 Å². The van der Waals surface area contributed by atoms with Gasteiger partial charge in [0, 0.05) is 25.9 Å². The number of anilines is 1. The van der Waals surface area contributed by atoms with E-state index in [0.717, 1.165) is 17.7 Å². The van der Waals surface area contributed by atoms with E-state index in [0.29, 0.717) is 19.8 Å². The maximum atomic E-state index is 11.7. The Balaban J connectivity index is 2.26. The van der Waals surface area contributed by atoms with Gasteiger partial charge in [-0.15, -0.1) is 0 Å². The smallest absolute Gasteiger partial charge is 0.319 e. The molecule has 1 rings (SSSR count). The van der Waals surface area contributed by atoms with Gasteiger partial charge in [0.1, 0.15) is 0 Å². The van der Waals surface area contributed by atoms with Crippen molar-refractivity contribution in [3.63, 3.8) is 0 Å². The summed E-state index contributed by atoms with van der Waals surface area (Å²) in [6.45, 7) is 5.77. The number of benzene rings is 1. The maximum absolute atomic E-state index is 11.7. The normalized spacial score (nSPS) is 10.6. The number of hydrogen-bond donors (Lipinski definition) is 2. The molecule has 20 heavy (non-hydrogen) atoms. The van der Waals surface area contributed by atoms with Crippen LogP contribution in [0.25, 0.3) is 0 Å². The highest BCUT2D eigenvalue weighted by atomic mass is 16.5. The highest BCUT2D eigenvalue weighted by molar-refractivity contribution is 5.89. The van der Waals surface area contributed by atoms with Crippen LogP contribution in [0.15, 0.2) is 24.3 Å². The summed E-state index contributed by atoms with van der Waals surface area (Å²) in [5, 5.41) is 5.59. The second-order valence-corrected chi connectivity index (χ2v) is 4.79. The van der Waals surface area contributed by atoms with Gasteiger partial charge in [-0.3, -0.25) is 0 Å². The lowest BCUT2D eigenvalue weighted by Crippen LogP contribution is -2.30. The first-order chi connectivity index (χ1) is 9.61. The molecular formula is C15H24N2O3. The van der Waals surface area contributed by atoms with Crippen LogP contribution in [0.1, 0.15) is 25.8 Å². The first kappa shape index (κ1) is 16.5. The Morgan fingerprint density at radius 1 is 1.35 bits per heavy atom. The van der Waals surface area contributed by atoms with Crippen molar-refractivity contribution >= 4 is 11.7 Å². The van der Waals surface area contributed by atoms with Crippen LogP contribution in [0.4, 0.5) is 10.5 Å². The lowest BCUT2D eigenvalue weighted by atomic mass is 10.2. The minimum absolute atomic E-state index is 0.205. The van der Waals surface area contributed by atoms with E-state index in [1.165, 1.54) is 0 Å². The third-order valence-corrected chi connectivity index (χ3v) is 2.55. The second kappa shape index (κ2) is 9.34. The van der Waals surface area contributed by atoms with E-state index < -0.39 is 0 Å². The number of rotatable bonds is 8. The van der Waals surface area contributed by atoms with E-state index >= 15 is 0 Å². The summed E-state index contributed by atoms with van der Waals surface area (Å²) >= 11 is 0. The zero-order valence-corrected chi connectivity index (χ0v) is 12.4. The summed E-state index contributed by atoms with van der Waals surface area (Å²) < 4.78 is 10.5. The average molecular weight is 280 g/mol. The zero-order chi connectivity index (χ0) is 14.8. The fourth-order valence-electron chi connectivity index (χ4n) is 1.67. The molecule has 0 aromatic heterocycles. The zero-order valence-electron chi connectivity index (χ0n) is 12.4. The molecule has 0 saturated heterocycles. The number of urea groups is 1. The fourth-order valence-corrected chi connectivity index (χ4v) is 1.67. The van der Waals surface area contributed by atoms with Gasteiger partial charge >= 0.3 is 6.03 Å². The Hall–Kier alpha value is -1.59. The van der Waals surface area contributed by atoms with Crippen molar-refractivity contribution in [3.8, 4) is 0 Å². The SMILES string of the molecule is COCc1cccc(NC(=O)NCCCOC(C)C)c1. The summed E-state index contributed by atoms with van der Waals surface area (Å²) in [6.07, 6.45) is 1.03. The van der Waals surface area contributed by atoms with Crippen molar-refractivity contribution in [2.24, 2.45) is 0 Å². The molecule has 0 spiro atoms. The Kier molecular flexibility index (Phi) is 7.69. The summed E-state index contributed by atoms with van der Waals surface area (Å²) in [6, 6.07) is 7.38. The Morgan fingerprint density at radius 3 is 2.85 bits per heavy atom. The molecule has 0 saturated carbocycles. The number of nitrogens with one attached hydrogen (secondary N) is 2. The first-order valence-corrected chi connectivity index (χ1v) is 6.86. The molecule has 0 aliphatic rings. The third-order valence-electron chi connectivity index (χ3n) is 2.55. The summed E-state index contributed by atoms with van der Waals surface area (Å²) in [5.74, 6) is 0. The molecule has 2 amide bonds.